The summed E-state index contributed by atoms with van der Waals surface area (Å²) in [6, 6.07) is 12.6. The minimum absolute atomic E-state index is 0.0223. The summed E-state index contributed by atoms with van der Waals surface area (Å²) < 4.78 is 6.70. The van der Waals surface area contributed by atoms with Crippen LogP contribution in [0.5, 0.6) is 5.88 Å². The molecule has 3 unspecified atom stereocenters. The Hall–Kier alpha value is -1.50. The van der Waals surface area contributed by atoms with Crippen LogP contribution < -0.4 is 4.74 Å². The SMILES string of the molecule is CC(Oc1ccc(Cl)cn1)C1CN(C(=O)c2ccc(Cl)s2)CC1c1ccc(Cl)c(Cl)c1. The quantitative estimate of drug-likeness (QED) is 0.364. The molecule has 162 valence electrons. The molecule has 0 spiro atoms. The maximum Gasteiger partial charge on any atom is 0.264 e. The first-order valence-electron chi connectivity index (χ1n) is 9.59. The van der Waals surface area contributed by atoms with Crippen LogP contribution in [0.15, 0.2) is 48.7 Å². The number of aromatic nitrogens is 1. The number of carbonyl (C=O) groups excluding carboxylic acids is 1. The van der Waals surface area contributed by atoms with E-state index in [4.69, 9.17) is 51.1 Å². The molecule has 1 aliphatic rings. The molecule has 0 N–H and O–H groups in total. The Balaban J connectivity index is 1.60. The molecule has 1 aliphatic heterocycles. The number of amides is 1. The average molecular weight is 516 g/mol. The fourth-order valence-corrected chi connectivity index (χ4v) is 5.29. The zero-order chi connectivity index (χ0) is 22.1. The molecule has 0 aliphatic carbocycles. The molecule has 0 saturated carbocycles. The first-order chi connectivity index (χ1) is 14.8. The standard InChI is InChI=1S/C22H18Cl4N2O2S/c1-12(30-21-7-3-14(23)9-27-21)15-10-28(22(29)19-5-6-20(26)31-19)11-16(15)13-2-4-17(24)18(25)8-13/h2-9,12,15-16H,10-11H2,1H3. The number of pyridine rings is 1. The molecule has 3 heterocycles. The second-order valence-corrected chi connectivity index (χ2v) is 10.4. The molecule has 1 aromatic carbocycles. The van der Waals surface area contributed by atoms with E-state index in [9.17, 15) is 4.79 Å². The van der Waals surface area contributed by atoms with E-state index in [2.05, 4.69) is 4.98 Å². The number of nitrogens with zero attached hydrogens (tertiary/aromatic N) is 2. The number of benzene rings is 1. The van der Waals surface area contributed by atoms with Gasteiger partial charge in [-0.2, -0.15) is 0 Å². The molecule has 1 saturated heterocycles. The van der Waals surface area contributed by atoms with Crippen LogP contribution in [0.2, 0.25) is 19.4 Å². The number of rotatable bonds is 5. The van der Waals surface area contributed by atoms with Crippen molar-refractivity contribution in [2.75, 3.05) is 13.1 Å². The maximum atomic E-state index is 13.1. The summed E-state index contributed by atoms with van der Waals surface area (Å²) >= 11 is 25.6. The lowest BCUT2D eigenvalue weighted by Crippen LogP contribution is -2.32. The first kappa shape index (κ1) is 22.7. The average Bonchev–Trinajstić information content (AvgIpc) is 3.38. The van der Waals surface area contributed by atoms with E-state index in [0.717, 1.165) is 5.56 Å². The van der Waals surface area contributed by atoms with Gasteiger partial charge in [0.1, 0.15) is 6.10 Å². The van der Waals surface area contributed by atoms with E-state index in [1.54, 1.807) is 36.5 Å². The zero-order valence-corrected chi connectivity index (χ0v) is 20.2. The Labute approximate surface area is 204 Å². The lowest BCUT2D eigenvalue weighted by Gasteiger charge is -2.25. The smallest absolute Gasteiger partial charge is 0.264 e. The van der Waals surface area contributed by atoms with E-state index in [1.807, 2.05) is 24.0 Å². The molecule has 0 bridgehead atoms. The van der Waals surface area contributed by atoms with Crippen LogP contribution in [0.25, 0.3) is 0 Å². The molecule has 2 aromatic heterocycles. The van der Waals surface area contributed by atoms with Gasteiger partial charge in [-0.1, -0.05) is 52.5 Å². The van der Waals surface area contributed by atoms with E-state index in [-0.39, 0.29) is 23.8 Å². The summed E-state index contributed by atoms with van der Waals surface area (Å²) in [6.45, 7) is 3.06. The number of halogens is 4. The van der Waals surface area contributed by atoms with Gasteiger partial charge < -0.3 is 9.64 Å². The van der Waals surface area contributed by atoms with Crippen molar-refractivity contribution in [1.82, 2.24) is 9.88 Å². The molecule has 1 fully saturated rings. The summed E-state index contributed by atoms with van der Waals surface area (Å²) in [5, 5.41) is 1.53. The van der Waals surface area contributed by atoms with Crippen molar-refractivity contribution < 1.29 is 9.53 Å². The topological polar surface area (TPSA) is 42.4 Å². The van der Waals surface area contributed by atoms with Crippen molar-refractivity contribution in [3.05, 3.63) is 78.5 Å². The van der Waals surface area contributed by atoms with E-state index >= 15 is 0 Å². The van der Waals surface area contributed by atoms with Crippen LogP contribution in [0.3, 0.4) is 0 Å². The van der Waals surface area contributed by atoms with Gasteiger partial charge in [-0.15, -0.1) is 11.3 Å². The second-order valence-electron chi connectivity index (χ2n) is 7.40. The Morgan fingerprint density at radius 1 is 1.10 bits per heavy atom. The summed E-state index contributed by atoms with van der Waals surface area (Å²) in [5.41, 5.74) is 1.01. The molecular weight excluding hydrogens is 498 g/mol. The molecule has 4 nitrogen and oxygen atoms in total. The molecule has 3 atom stereocenters. The Kier molecular flexibility index (Phi) is 6.99. The monoisotopic (exact) mass is 514 g/mol. The molecule has 1 amide bonds. The summed E-state index contributed by atoms with van der Waals surface area (Å²) in [4.78, 5) is 19.8. The van der Waals surface area contributed by atoms with Crippen LogP contribution in [0.1, 0.15) is 28.1 Å². The van der Waals surface area contributed by atoms with Crippen molar-refractivity contribution in [3.8, 4) is 5.88 Å². The maximum absolute atomic E-state index is 13.1. The number of ether oxygens (including phenoxy) is 1. The third-order valence-corrected chi connectivity index (χ3v) is 7.60. The summed E-state index contributed by atoms with van der Waals surface area (Å²) in [7, 11) is 0. The highest BCUT2D eigenvalue weighted by atomic mass is 35.5. The van der Waals surface area contributed by atoms with E-state index in [0.29, 0.717) is 43.3 Å². The van der Waals surface area contributed by atoms with Crippen LogP contribution in [-0.2, 0) is 0 Å². The molecule has 0 radical (unpaired) electrons. The highest BCUT2D eigenvalue weighted by molar-refractivity contribution is 7.17. The zero-order valence-electron chi connectivity index (χ0n) is 16.4. The minimum atomic E-state index is -0.210. The summed E-state index contributed by atoms with van der Waals surface area (Å²) in [5.74, 6) is 0.492. The van der Waals surface area contributed by atoms with Gasteiger partial charge >= 0.3 is 0 Å². The number of hydrogen-bond donors (Lipinski definition) is 0. The normalized spacial score (nSPS) is 19.5. The number of thiophene rings is 1. The molecule has 3 aromatic rings. The van der Waals surface area contributed by atoms with Crippen molar-refractivity contribution >= 4 is 63.6 Å². The Morgan fingerprint density at radius 3 is 2.55 bits per heavy atom. The fourth-order valence-electron chi connectivity index (χ4n) is 3.86. The van der Waals surface area contributed by atoms with Gasteiger partial charge in [0.05, 0.1) is 24.3 Å². The Morgan fingerprint density at radius 2 is 1.90 bits per heavy atom. The Bertz CT molecular complexity index is 1090. The third kappa shape index (κ3) is 5.12. The van der Waals surface area contributed by atoms with Gasteiger partial charge in [-0.3, -0.25) is 4.79 Å². The van der Waals surface area contributed by atoms with Crippen LogP contribution in [-0.4, -0.2) is 35.0 Å². The number of carbonyl (C=O) groups is 1. The van der Waals surface area contributed by atoms with Crippen molar-refractivity contribution in [3.63, 3.8) is 0 Å². The van der Waals surface area contributed by atoms with Gasteiger partial charge in [-0.05, 0) is 42.8 Å². The molecule has 31 heavy (non-hydrogen) atoms. The first-order valence-corrected chi connectivity index (χ1v) is 11.9. The van der Waals surface area contributed by atoms with E-state index < -0.39 is 0 Å². The van der Waals surface area contributed by atoms with E-state index in [1.165, 1.54) is 11.3 Å². The van der Waals surface area contributed by atoms with Crippen LogP contribution in [0.4, 0.5) is 0 Å². The predicted octanol–water partition coefficient (Wildman–Crippen LogP) is 7.08. The van der Waals surface area contributed by atoms with Crippen LogP contribution >= 0.6 is 57.7 Å². The molecule has 4 rings (SSSR count). The number of likely N-dealkylation sites (tertiary alicyclic amines) is 1. The lowest BCUT2D eigenvalue weighted by atomic mass is 9.86. The van der Waals surface area contributed by atoms with Crippen molar-refractivity contribution in [1.29, 1.82) is 0 Å². The van der Waals surface area contributed by atoms with Gasteiger partial charge in [0.2, 0.25) is 5.88 Å². The van der Waals surface area contributed by atoms with Crippen molar-refractivity contribution in [2.24, 2.45) is 5.92 Å². The largest absolute Gasteiger partial charge is 0.474 e. The van der Waals surface area contributed by atoms with Crippen LogP contribution in [0, 0.1) is 5.92 Å². The highest BCUT2D eigenvalue weighted by Gasteiger charge is 2.40. The van der Waals surface area contributed by atoms with Gasteiger partial charge in [0.25, 0.3) is 5.91 Å². The predicted molar refractivity (Wildman–Crippen MR) is 127 cm³/mol. The summed E-state index contributed by atoms with van der Waals surface area (Å²) in [6.07, 6.45) is 1.34. The van der Waals surface area contributed by atoms with Gasteiger partial charge in [0.15, 0.2) is 0 Å². The van der Waals surface area contributed by atoms with Gasteiger partial charge in [0, 0.05) is 37.2 Å². The minimum Gasteiger partial charge on any atom is -0.474 e. The number of hydrogen-bond acceptors (Lipinski definition) is 4. The second kappa shape index (κ2) is 9.55. The van der Waals surface area contributed by atoms with Crippen molar-refractivity contribution in [2.45, 2.75) is 18.9 Å². The third-order valence-electron chi connectivity index (χ3n) is 5.42. The fraction of sp³-hybridized carbons (Fsp3) is 0.273. The molecule has 9 heteroatoms. The molecular formula is C22H18Cl4N2O2S. The highest BCUT2D eigenvalue weighted by Crippen LogP contribution is 2.39. The lowest BCUT2D eigenvalue weighted by molar-refractivity contribution is 0.0774. The van der Waals surface area contributed by atoms with Gasteiger partial charge in [-0.25, -0.2) is 4.98 Å².